The fourth-order valence-electron chi connectivity index (χ4n) is 7.14. The van der Waals surface area contributed by atoms with Crippen molar-refractivity contribution in [2.24, 2.45) is 0 Å². The first-order valence-corrected chi connectivity index (χ1v) is 19.6. The van der Waals surface area contributed by atoms with Gasteiger partial charge in [-0.05, 0) is 61.9 Å². The highest BCUT2D eigenvalue weighted by Gasteiger charge is 2.50. The summed E-state index contributed by atoms with van der Waals surface area (Å²) in [5, 5.41) is 114. The molecule has 3 aliphatic heterocycles. The van der Waals surface area contributed by atoms with E-state index in [0.717, 1.165) is 18.2 Å². The van der Waals surface area contributed by atoms with Crippen LogP contribution in [0.4, 0.5) is 0 Å². The van der Waals surface area contributed by atoms with Gasteiger partial charge in [-0.25, -0.2) is 4.79 Å². The van der Waals surface area contributed by atoms with Gasteiger partial charge in [-0.2, -0.15) is 0 Å². The zero-order chi connectivity index (χ0) is 45.4. The Labute approximate surface area is 356 Å². The SMILES string of the molecule is C[C@@H]1O[C@@H](OC[C@H]2O[C@@H](Oc3c(-c4ccc(O[C@@H]5O[C@@H](C)[C@H](O)[C@@H](O)[C@H]5O)cc4)oc4cc(O)cc(O)c4c3=O)[C@H](OC(=O)/C=C/c3ccc(O)cc3)[C@@H](O)[C@@H]2O)[C@H](O)[C@H](O)[C@H]1O. The molecule has 340 valence electrons. The molecule has 0 bridgehead atoms. The van der Waals surface area contributed by atoms with E-state index in [9.17, 15) is 65.8 Å². The molecule has 4 heterocycles. The first-order chi connectivity index (χ1) is 29.9. The van der Waals surface area contributed by atoms with Gasteiger partial charge in [-0.15, -0.1) is 0 Å². The molecule has 0 saturated carbocycles. The number of fused-ring (bicyclic) bond motifs is 1. The Morgan fingerprint density at radius 2 is 1.29 bits per heavy atom. The number of hydrogen-bond acceptors (Lipinski definition) is 21. The minimum Gasteiger partial charge on any atom is -0.508 e. The second kappa shape index (κ2) is 18.8. The Kier molecular flexibility index (Phi) is 13.6. The summed E-state index contributed by atoms with van der Waals surface area (Å²) >= 11 is 0. The molecule has 0 spiro atoms. The van der Waals surface area contributed by atoms with Crippen LogP contribution < -0.4 is 14.9 Å². The van der Waals surface area contributed by atoms with Crippen molar-refractivity contribution in [2.45, 2.75) is 106 Å². The van der Waals surface area contributed by atoms with Crippen LogP contribution in [0, 0.1) is 0 Å². The Morgan fingerprint density at radius 3 is 1.94 bits per heavy atom. The third-order valence-electron chi connectivity index (χ3n) is 10.8. The number of hydrogen-bond donors (Lipinski definition) is 11. The highest BCUT2D eigenvalue weighted by molar-refractivity contribution is 5.88. The van der Waals surface area contributed by atoms with Crippen LogP contribution in [0.1, 0.15) is 19.4 Å². The van der Waals surface area contributed by atoms with Gasteiger partial charge < -0.3 is 93.7 Å². The number of aliphatic hydroxyl groups excluding tert-OH is 8. The van der Waals surface area contributed by atoms with E-state index in [2.05, 4.69) is 0 Å². The number of rotatable bonds is 11. The lowest BCUT2D eigenvalue weighted by Gasteiger charge is -2.43. The molecule has 21 nitrogen and oxygen atoms in total. The molecular formula is C42H46O21. The number of phenols is 3. The summed E-state index contributed by atoms with van der Waals surface area (Å²) in [6.07, 6.45) is -21.6. The van der Waals surface area contributed by atoms with Gasteiger partial charge in [0.25, 0.3) is 0 Å². The monoisotopic (exact) mass is 886 g/mol. The highest BCUT2D eigenvalue weighted by atomic mass is 16.7. The summed E-state index contributed by atoms with van der Waals surface area (Å²) in [6, 6.07) is 13.1. The molecule has 3 saturated heterocycles. The number of aliphatic hydroxyl groups is 8. The Bertz CT molecular complexity index is 2320. The van der Waals surface area contributed by atoms with Crippen molar-refractivity contribution in [3.05, 3.63) is 82.5 Å². The maximum atomic E-state index is 14.3. The Morgan fingerprint density at radius 1 is 0.667 bits per heavy atom. The molecule has 3 aliphatic rings. The maximum Gasteiger partial charge on any atom is 0.331 e. The third-order valence-corrected chi connectivity index (χ3v) is 10.8. The second-order valence-electron chi connectivity index (χ2n) is 15.2. The Hall–Kier alpha value is -5.40. The minimum atomic E-state index is -2.04. The van der Waals surface area contributed by atoms with Crippen molar-refractivity contribution in [3.63, 3.8) is 0 Å². The molecule has 11 N–H and O–H groups in total. The predicted molar refractivity (Wildman–Crippen MR) is 211 cm³/mol. The van der Waals surface area contributed by atoms with E-state index in [1.807, 2.05) is 0 Å². The molecule has 0 aliphatic carbocycles. The summed E-state index contributed by atoms with van der Waals surface area (Å²) in [5.74, 6) is -3.34. The molecule has 0 amide bonds. The summed E-state index contributed by atoms with van der Waals surface area (Å²) in [7, 11) is 0. The number of carbonyl (C=O) groups excluding carboxylic acids is 1. The van der Waals surface area contributed by atoms with Crippen LogP contribution in [0.25, 0.3) is 28.4 Å². The van der Waals surface area contributed by atoms with Crippen LogP contribution in [0.5, 0.6) is 28.7 Å². The lowest BCUT2D eigenvalue weighted by molar-refractivity contribution is -0.319. The van der Waals surface area contributed by atoms with E-state index in [0.29, 0.717) is 5.56 Å². The number of phenolic OH excluding ortho intramolecular Hbond substituents is 3. The molecule has 1 aromatic heterocycles. The smallest absolute Gasteiger partial charge is 0.331 e. The van der Waals surface area contributed by atoms with Crippen LogP contribution in [-0.2, 0) is 28.5 Å². The normalized spacial score (nSPS) is 33.6. The summed E-state index contributed by atoms with van der Waals surface area (Å²) < 4.78 is 46.0. The van der Waals surface area contributed by atoms with Crippen LogP contribution in [-0.4, -0.2) is 161 Å². The standard InChI is InChI=1S/C42H46O21/c1-16-28(47)32(51)35(54)40(57-16)56-15-25-30(49)34(53)39(62-26(46)12-5-18-3-8-20(43)9-4-18)42(61-25)63-38-31(50)27-23(45)13-21(44)14-24(27)60-37(38)19-6-10-22(11-7-19)59-41-36(55)33(52)29(48)17(2)58-41/h3-14,16-17,25,28-30,32-36,39-45,47-49,51-55H,15H2,1-2H3/b12-5+/t16-,17-,25+,28-,29-,30+,32+,33+,34-,35+,36+,39+,40+,41-,42-/m0/s1. The van der Waals surface area contributed by atoms with Crippen LogP contribution in [0.2, 0.25) is 0 Å². The van der Waals surface area contributed by atoms with E-state index in [1.54, 1.807) is 0 Å². The average molecular weight is 887 g/mol. The largest absolute Gasteiger partial charge is 0.508 e. The number of benzene rings is 3. The highest BCUT2D eigenvalue weighted by Crippen LogP contribution is 2.38. The zero-order valence-electron chi connectivity index (χ0n) is 33.3. The Balaban J connectivity index is 1.23. The van der Waals surface area contributed by atoms with E-state index in [-0.39, 0.29) is 28.4 Å². The summed E-state index contributed by atoms with van der Waals surface area (Å²) in [4.78, 5) is 27.5. The topological polar surface area (TPSA) is 334 Å². The van der Waals surface area contributed by atoms with Crippen molar-refractivity contribution in [1.82, 2.24) is 0 Å². The van der Waals surface area contributed by atoms with Gasteiger partial charge in [-0.1, -0.05) is 12.1 Å². The van der Waals surface area contributed by atoms with Crippen LogP contribution in [0.15, 0.2) is 76.0 Å². The molecular weight excluding hydrogens is 840 g/mol. The van der Waals surface area contributed by atoms with E-state index < -0.39 is 133 Å². The first-order valence-electron chi connectivity index (χ1n) is 19.6. The molecule has 3 aromatic carbocycles. The van der Waals surface area contributed by atoms with Gasteiger partial charge >= 0.3 is 5.97 Å². The maximum absolute atomic E-state index is 14.3. The van der Waals surface area contributed by atoms with Gasteiger partial charge in [0.2, 0.25) is 23.8 Å². The van der Waals surface area contributed by atoms with Gasteiger partial charge in [0, 0.05) is 23.8 Å². The van der Waals surface area contributed by atoms with Gasteiger partial charge in [0.1, 0.15) is 88.9 Å². The van der Waals surface area contributed by atoms with Crippen molar-refractivity contribution < 1.29 is 98.5 Å². The van der Waals surface area contributed by atoms with Crippen molar-refractivity contribution in [1.29, 1.82) is 0 Å². The van der Waals surface area contributed by atoms with Crippen molar-refractivity contribution in [2.75, 3.05) is 6.61 Å². The van der Waals surface area contributed by atoms with Crippen molar-refractivity contribution in [3.8, 4) is 40.1 Å². The number of carbonyl (C=O) groups is 1. The molecule has 4 aromatic rings. The lowest BCUT2D eigenvalue weighted by atomic mass is 9.98. The first kappa shape index (κ1) is 45.6. The molecule has 0 radical (unpaired) electrons. The predicted octanol–water partition coefficient (Wildman–Crippen LogP) is -0.922. The van der Waals surface area contributed by atoms with E-state index in [4.69, 9.17) is 37.6 Å². The molecule has 63 heavy (non-hydrogen) atoms. The number of ether oxygens (including phenoxy) is 7. The molecule has 15 atom stereocenters. The summed E-state index contributed by atoms with van der Waals surface area (Å²) in [5.41, 5.74) is -0.836. The van der Waals surface area contributed by atoms with Gasteiger partial charge in [0.15, 0.2) is 18.2 Å². The van der Waals surface area contributed by atoms with Crippen molar-refractivity contribution >= 4 is 23.0 Å². The molecule has 7 rings (SSSR count). The number of esters is 1. The van der Waals surface area contributed by atoms with E-state index in [1.165, 1.54) is 68.5 Å². The zero-order valence-corrected chi connectivity index (χ0v) is 33.3. The third kappa shape index (κ3) is 9.60. The second-order valence-corrected chi connectivity index (χ2v) is 15.2. The fraction of sp³-hybridized carbons (Fsp3) is 0.429. The molecule has 0 unspecified atom stereocenters. The van der Waals surface area contributed by atoms with E-state index >= 15 is 0 Å². The molecule has 21 heteroatoms. The number of aromatic hydroxyl groups is 3. The molecule has 3 fully saturated rings. The van der Waals surface area contributed by atoms with Crippen LogP contribution in [0.3, 0.4) is 0 Å². The lowest BCUT2D eigenvalue weighted by Crippen LogP contribution is -2.62. The fourth-order valence-corrected chi connectivity index (χ4v) is 7.14. The summed E-state index contributed by atoms with van der Waals surface area (Å²) in [6.45, 7) is 2.19. The van der Waals surface area contributed by atoms with Gasteiger partial charge in [0.05, 0.1) is 18.8 Å². The average Bonchev–Trinajstić information content (AvgIpc) is 3.25. The van der Waals surface area contributed by atoms with Crippen LogP contribution >= 0.6 is 0 Å². The minimum absolute atomic E-state index is 0.0321. The van der Waals surface area contributed by atoms with Gasteiger partial charge in [-0.3, -0.25) is 4.79 Å². The quantitative estimate of drug-likeness (QED) is 0.0641.